The van der Waals surface area contributed by atoms with Crippen molar-refractivity contribution in [2.24, 2.45) is 0 Å². The number of aliphatic carboxylic acids is 1. The minimum Gasteiger partial charge on any atom is -0.493 e. The molecule has 2 amide bonds. The van der Waals surface area contributed by atoms with Crippen molar-refractivity contribution in [3.8, 4) is 5.75 Å². The number of carbonyl (C=O) groups is 3. The molecule has 0 unspecified atom stereocenters. The van der Waals surface area contributed by atoms with E-state index in [2.05, 4.69) is 5.32 Å². The number of fused-ring (bicyclic) bond motifs is 1. The molecule has 140 valence electrons. The number of amides is 2. The molecule has 0 radical (unpaired) electrons. The third-order valence-electron chi connectivity index (χ3n) is 4.40. The van der Waals surface area contributed by atoms with Crippen LogP contribution in [0.25, 0.3) is 0 Å². The highest BCUT2D eigenvalue weighted by Crippen LogP contribution is 2.50. The van der Waals surface area contributed by atoms with E-state index < -0.39 is 22.8 Å². The SMILES string of the molecule is CC1(C)S[C@@H]2[C@H](NC(=O)CCOc3ccc(Cl)cc3)C(=O)N2[C@H]1C(=O)O. The van der Waals surface area contributed by atoms with Crippen LogP contribution >= 0.6 is 23.4 Å². The van der Waals surface area contributed by atoms with Gasteiger partial charge in [0.25, 0.3) is 0 Å². The maximum atomic E-state index is 12.3. The summed E-state index contributed by atoms with van der Waals surface area (Å²) in [4.78, 5) is 37.2. The Hall–Kier alpha value is -1.93. The van der Waals surface area contributed by atoms with Crippen LogP contribution < -0.4 is 10.1 Å². The number of nitrogens with one attached hydrogen (secondary N) is 1. The third kappa shape index (κ3) is 3.48. The molecular formula is C17H19ClN2O5S. The first kappa shape index (κ1) is 18.8. The van der Waals surface area contributed by atoms with Crippen LogP contribution in [0.2, 0.25) is 5.02 Å². The molecule has 1 aromatic rings. The summed E-state index contributed by atoms with van der Waals surface area (Å²) in [6.07, 6.45) is 0.0928. The predicted molar refractivity (Wildman–Crippen MR) is 97.2 cm³/mol. The Kier molecular flexibility index (Phi) is 5.07. The highest BCUT2D eigenvalue weighted by atomic mass is 35.5. The molecule has 7 nitrogen and oxygen atoms in total. The van der Waals surface area contributed by atoms with Crippen LogP contribution in [0.5, 0.6) is 5.75 Å². The summed E-state index contributed by atoms with van der Waals surface area (Å²) >= 11 is 7.19. The van der Waals surface area contributed by atoms with Gasteiger partial charge in [0.05, 0.1) is 13.0 Å². The Labute approximate surface area is 160 Å². The molecule has 2 saturated heterocycles. The quantitative estimate of drug-likeness (QED) is 0.708. The molecule has 0 aliphatic carbocycles. The summed E-state index contributed by atoms with van der Waals surface area (Å²) in [5.74, 6) is -1.09. The number of β-lactam (4-membered cyclic amide) rings is 1. The average Bonchev–Trinajstić information content (AvgIpc) is 2.83. The van der Waals surface area contributed by atoms with Gasteiger partial charge in [-0.05, 0) is 38.1 Å². The number of carbonyl (C=O) groups excluding carboxylic acids is 2. The number of benzene rings is 1. The predicted octanol–water partition coefficient (Wildman–Crippen LogP) is 1.74. The number of rotatable bonds is 6. The number of carboxylic acids is 1. The van der Waals surface area contributed by atoms with Crippen LogP contribution in [0.15, 0.2) is 24.3 Å². The first-order valence-electron chi connectivity index (χ1n) is 8.11. The van der Waals surface area contributed by atoms with Gasteiger partial charge < -0.3 is 20.1 Å². The van der Waals surface area contributed by atoms with E-state index in [0.29, 0.717) is 10.8 Å². The van der Waals surface area contributed by atoms with Gasteiger partial charge in [-0.15, -0.1) is 11.8 Å². The van der Waals surface area contributed by atoms with Crippen LogP contribution in [0.4, 0.5) is 0 Å². The molecule has 26 heavy (non-hydrogen) atoms. The summed E-state index contributed by atoms with van der Waals surface area (Å²) in [6.45, 7) is 3.75. The Balaban J connectivity index is 1.50. The maximum Gasteiger partial charge on any atom is 0.327 e. The second-order valence-corrected chi connectivity index (χ2v) is 8.90. The number of ether oxygens (including phenoxy) is 1. The molecule has 2 aliphatic rings. The van der Waals surface area contributed by atoms with E-state index in [1.54, 1.807) is 38.1 Å². The van der Waals surface area contributed by atoms with Crippen molar-refractivity contribution in [3.05, 3.63) is 29.3 Å². The van der Waals surface area contributed by atoms with Crippen molar-refractivity contribution in [2.75, 3.05) is 6.61 Å². The fourth-order valence-electron chi connectivity index (χ4n) is 3.18. The minimum absolute atomic E-state index is 0.0928. The topological polar surface area (TPSA) is 95.9 Å². The molecule has 9 heteroatoms. The molecular weight excluding hydrogens is 380 g/mol. The van der Waals surface area contributed by atoms with Crippen molar-refractivity contribution in [2.45, 2.75) is 42.5 Å². The molecule has 2 N–H and O–H groups in total. The van der Waals surface area contributed by atoms with Gasteiger partial charge in [-0.1, -0.05) is 11.6 Å². The van der Waals surface area contributed by atoms with Crippen molar-refractivity contribution in [1.82, 2.24) is 10.2 Å². The van der Waals surface area contributed by atoms with Crippen molar-refractivity contribution >= 4 is 41.1 Å². The molecule has 3 rings (SSSR count). The lowest BCUT2D eigenvalue weighted by Gasteiger charge is -2.43. The summed E-state index contributed by atoms with van der Waals surface area (Å²) < 4.78 is 4.85. The van der Waals surface area contributed by atoms with E-state index in [-0.39, 0.29) is 30.2 Å². The molecule has 2 heterocycles. The lowest BCUT2D eigenvalue weighted by Crippen LogP contribution is -2.70. The van der Waals surface area contributed by atoms with E-state index in [0.717, 1.165) is 0 Å². The van der Waals surface area contributed by atoms with Gasteiger partial charge in [0.1, 0.15) is 23.2 Å². The molecule has 3 atom stereocenters. The van der Waals surface area contributed by atoms with Crippen LogP contribution in [-0.2, 0) is 14.4 Å². The highest BCUT2D eigenvalue weighted by Gasteiger charge is 2.64. The minimum atomic E-state index is -1.03. The largest absolute Gasteiger partial charge is 0.493 e. The molecule has 0 saturated carbocycles. The molecule has 2 aliphatic heterocycles. The Bertz CT molecular complexity index is 739. The van der Waals surface area contributed by atoms with E-state index in [9.17, 15) is 19.5 Å². The summed E-state index contributed by atoms with van der Waals surface area (Å²) in [5.41, 5.74) is 0. The molecule has 0 aromatic heterocycles. The van der Waals surface area contributed by atoms with Gasteiger partial charge in [0.2, 0.25) is 11.8 Å². The summed E-state index contributed by atoms with van der Waals surface area (Å²) in [5, 5.41) is 12.3. The Morgan fingerprint density at radius 3 is 2.62 bits per heavy atom. The van der Waals surface area contributed by atoms with Gasteiger partial charge in [-0.3, -0.25) is 9.59 Å². The third-order valence-corrected chi connectivity index (χ3v) is 6.23. The lowest BCUT2D eigenvalue weighted by atomic mass is 9.96. The van der Waals surface area contributed by atoms with Gasteiger partial charge in [0, 0.05) is 9.77 Å². The van der Waals surface area contributed by atoms with E-state index in [4.69, 9.17) is 16.3 Å². The zero-order chi connectivity index (χ0) is 19.1. The first-order chi connectivity index (χ1) is 12.2. The van der Waals surface area contributed by atoms with Crippen LogP contribution in [0.3, 0.4) is 0 Å². The average molecular weight is 399 g/mol. The molecule has 0 spiro atoms. The van der Waals surface area contributed by atoms with E-state index >= 15 is 0 Å². The lowest BCUT2D eigenvalue weighted by molar-refractivity contribution is -0.161. The zero-order valence-corrected chi connectivity index (χ0v) is 15.8. The van der Waals surface area contributed by atoms with Crippen molar-refractivity contribution in [1.29, 1.82) is 0 Å². The number of hydrogen-bond acceptors (Lipinski definition) is 5. The highest BCUT2D eigenvalue weighted by molar-refractivity contribution is 8.01. The standard InChI is InChI=1S/C17H19ClN2O5S/c1-17(2)13(16(23)24)20-14(22)12(15(20)26-17)19-11(21)7-8-25-10-5-3-9(18)4-6-10/h3-6,12-13,15H,7-8H2,1-2H3,(H,19,21)(H,23,24)/t12-,13+,15-/m1/s1. The normalized spacial score (nSPS) is 26.0. The van der Waals surface area contributed by atoms with Crippen LogP contribution in [0.1, 0.15) is 20.3 Å². The first-order valence-corrected chi connectivity index (χ1v) is 9.37. The Morgan fingerprint density at radius 2 is 2.00 bits per heavy atom. The summed E-state index contributed by atoms with van der Waals surface area (Å²) in [6, 6.07) is 5.22. The molecule has 0 bridgehead atoms. The summed E-state index contributed by atoms with van der Waals surface area (Å²) in [7, 11) is 0. The zero-order valence-electron chi connectivity index (χ0n) is 14.3. The number of halogens is 1. The monoisotopic (exact) mass is 398 g/mol. The molecule has 1 aromatic carbocycles. The van der Waals surface area contributed by atoms with Gasteiger partial charge in [-0.2, -0.15) is 0 Å². The van der Waals surface area contributed by atoms with Gasteiger partial charge >= 0.3 is 5.97 Å². The number of hydrogen-bond donors (Lipinski definition) is 2. The van der Waals surface area contributed by atoms with Crippen molar-refractivity contribution in [3.63, 3.8) is 0 Å². The number of carboxylic acid groups (broad SMARTS) is 1. The molecule has 2 fully saturated rings. The van der Waals surface area contributed by atoms with E-state index in [1.807, 2.05) is 0 Å². The fraction of sp³-hybridized carbons (Fsp3) is 0.471. The second-order valence-electron chi connectivity index (χ2n) is 6.70. The smallest absolute Gasteiger partial charge is 0.327 e. The van der Waals surface area contributed by atoms with Gasteiger partial charge in [-0.25, -0.2) is 4.79 Å². The second kappa shape index (κ2) is 7.00. The van der Waals surface area contributed by atoms with Crippen molar-refractivity contribution < 1.29 is 24.2 Å². The number of thioether (sulfide) groups is 1. The Morgan fingerprint density at radius 1 is 1.35 bits per heavy atom. The van der Waals surface area contributed by atoms with Crippen LogP contribution in [0, 0.1) is 0 Å². The van der Waals surface area contributed by atoms with Crippen LogP contribution in [-0.4, -0.2) is 56.6 Å². The number of nitrogens with zero attached hydrogens (tertiary/aromatic N) is 1. The van der Waals surface area contributed by atoms with Gasteiger partial charge in [0.15, 0.2) is 0 Å². The fourth-order valence-corrected chi connectivity index (χ4v) is 4.93. The maximum absolute atomic E-state index is 12.3. The van der Waals surface area contributed by atoms with E-state index in [1.165, 1.54) is 16.7 Å².